The van der Waals surface area contributed by atoms with Crippen molar-refractivity contribution in [2.75, 3.05) is 28.7 Å². The number of nitrogens with zero attached hydrogens (tertiary/aromatic N) is 2. The number of carbonyl (C=O) groups is 3. The molecule has 1 unspecified atom stereocenters. The lowest BCUT2D eigenvalue weighted by atomic mass is 10.1. The molecule has 1 aliphatic heterocycles. The summed E-state index contributed by atoms with van der Waals surface area (Å²) in [6.07, 6.45) is 1.03. The van der Waals surface area contributed by atoms with Crippen LogP contribution in [0.3, 0.4) is 0 Å². The first-order valence-electron chi connectivity index (χ1n) is 9.44. The molecule has 1 aliphatic rings. The monoisotopic (exact) mass is 379 g/mol. The Kier molecular flexibility index (Phi) is 5.78. The van der Waals surface area contributed by atoms with E-state index in [1.807, 2.05) is 24.3 Å². The molecule has 0 saturated carbocycles. The van der Waals surface area contributed by atoms with Gasteiger partial charge in [0.25, 0.3) is 0 Å². The molecule has 3 rings (SSSR count). The van der Waals surface area contributed by atoms with Gasteiger partial charge in [-0.1, -0.05) is 25.1 Å². The third kappa shape index (κ3) is 4.06. The number of anilines is 3. The summed E-state index contributed by atoms with van der Waals surface area (Å²) in [4.78, 5) is 39.8. The number of amides is 3. The molecule has 2 aromatic carbocycles. The van der Waals surface area contributed by atoms with Gasteiger partial charge in [-0.25, -0.2) is 0 Å². The number of hydrogen-bond acceptors (Lipinski definition) is 3. The summed E-state index contributed by atoms with van der Waals surface area (Å²) in [5, 5.41) is 2.88. The van der Waals surface area contributed by atoms with Gasteiger partial charge in [0.2, 0.25) is 17.7 Å². The Bertz CT molecular complexity index is 892. The molecule has 1 atom stereocenters. The van der Waals surface area contributed by atoms with Crippen LogP contribution in [-0.2, 0) is 20.8 Å². The van der Waals surface area contributed by atoms with Crippen LogP contribution in [0.2, 0.25) is 0 Å². The highest BCUT2D eigenvalue weighted by Gasteiger charge is 2.35. The van der Waals surface area contributed by atoms with Gasteiger partial charge >= 0.3 is 0 Å². The second-order valence-corrected chi connectivity index (χ2v) is 7.00. The molecular weight excluding hydrogens is 354 g/mol. The number of benzene rings is 2. The summed E-state index contributed by atoms with van der Waals surface area (Å²) in [5.74, 6) is -0.650. The van der Waals surface area contributed by atoms with Crippen molar-refractivity contribution in [3.05, 3.63) is 54.1 Å². The Hall–Kier alpha value is -3.15. The van der Waals surface area contributed by atoms with Crippen molar-refractivity contribution < 1.29 is 14.4 Å². The molecule has 1 saturated heterocycles. The van der Waals surface area contributed by atoms with E-state index in [-0.39, 0.29) is 24.1 Å². The van der Waals surface area contributed by atoms with Gasteiger partial charge in [0, 0.05) is 44.0 Å². The quantitative estimate of drug-likeness (QED) is 0.867. The summed E-state index contributed by atoms with van der Waals surface area (Å²) < 4.78 is 0. The van der Waals surface area contributed by atoms with Gasteiger partial charge in [0.05, 0.1) is 5.92 Å². The van der Waals surface area contributed by atoms with Gasteiger partial charge in [-0.3, -0.25) is 14.4 Å². The first kappa shape index (κ1) is 19.6. The molecule has 0 spiro atoms. The van der Waals surface area contributed by atoms with Gasteiger partial charge in [-0.05, 0) is 42.3 Å². The molecule has 1 heterocycles. The van der Waals surface area contributed by atoms with Crippen molar-refractivity contribution >= 4 is 34.8 Å². The van der Waals surface area contributed by atoms with Crippen LogP contribution in [0.4, 0.5) is 17.1 Å². The first-order chi connectivity index (χ1) is 13.4. The minimum Gasteiger partial charge on any atom is -0.326 e. The molecule has 2 aromatic rings. The van der Waals surface area contributed by atoms with Crippen LogP contribution in [0.25, 0.3) is 0 Å². The van der Waals surface area contributed by atoms with Gasteiger partial charge in [-0.15, -0.1) is 0 Å². The highest BCUT2D eigenvalue weighted by Crippen LogP contribution is 2.29. The molecule has 0 radical (unpaired) electrons. The Labute approximate surface area is 165 Å². The smallest absolute Gasteiger partial charge is 0.229 e. The van der Waals surface area contributed by atoms with Crippen molar-refractivity contribution in [1.29, 1.82) is 0 Å². The standard InChI is InChI=1S/C22H25N3O3/c1-4-16-7-5-6-8-20(16)25-14-17(13-21(25)27)22(28)23-18-9-11-19(12-10-18)24(3)15(2)26/h5-12,17H,4,13-14H2,1-3H3,(H,23,28). The van der Waals surface area contributed by atoms with Crippen molar-refractivity contribution in [1.82, 2.24) is 0 Å². The number of aryl methyl sites for hydroxylation is 1. The van der Waals surface area contributed by atoms with E-state index in [9.17, 15) is 14.4 Å². The third-order valence-corrected chi connectivity index (χ3v) is 5.15. The summed E-state index contributed by atoms with van der Waals surface area (Å²) in [5.41, 5.74) is 3.39. The lowest BCUT2D eigenvalue weighted by Gasteiger charge is -2.20. The molecule has 28 heavy (non-hydrogen) atoms. The van der Waals surface area contributed by atoms with Crippen molar-refractivity contribution in [3.8, 4) is 0 Å². The number of para-hydroxylation sites is 1. The maximum Gasteiger partial charge on any atom is 0.229 e. The molecule has 6 heteroatoms. The summed E-state index contributed by atoms with van der Waals surface area (Å²) in [6.45, 7) is 3.93. The minimum atomic E-state index is -0.392. The van der Waals surface area contributed by atoms with Crippen LogP contribution >= 0.6 is 0 Å². The SMILES string of the molecule is CCc1ccccc1N1CC(C(=O)Nc2ccc(N(C)C(C)=O)cc2)CC1=O. The van der Waals surface area contributed by atoms with E-state index in [1.165, 1.54) is 11.8 Å². The Morgan fingerprint density at radius 3 is 2.46 bits per heavy atom. The number of carbonyl (C=O) groups excluding carboxylic acids is 3. The Balaban J connectivity index is 1.67. The minimum absolute atomic E-state index is 0.0283. The average Bonchev–Trinajstić information content (AvgIpc) is 3.09. The average molecular weight is 379 g/mol. The van der Waals surface area contributed by atoms with Crippen LogP contribution < -0.4 is 15.1 Å². The van der Waals surface area contributed by atoms with E-state index in [4.69, 9.17) is 0 Å². The topological polar surface area (TPSA) is 69.7 Å². The van der Waals surface area contributed by atoms with Gasteiger partial charge < -0.3 is 15.1 Å². The van der Waals surface area contributed by atoms with E-state index < -0.39 is 5.92 Å². The van der Waals surface area contributed by atoms with Crippen LogP contribution in [0.1, 0.15) is 25.8 Å². The van der Waals surface area contributed by atoms with E-state index in [0.29, 0.717) is 12.2 Å². The fourth-order valence-electron chi connectivity index (χ4n) is 3.38. The highest BCUT2D eigenvalue weighted by atomic mass is 16.2. The predicted molar refractivity (Wildman–Crippen MR) is 110 cm³/mol. The number of hydrogen-bond donors (Lipinski definition) is 1. The van der Waals surface area contributed by atoms with E-state index in [2.05, 4.69) is 12.2 Å². The lowest BCUT2D eigenvalue weighted by molar-refractivity contribution is -0.122. The largest absolute Gasteiger partial charge is 0.326 e. The van der Waals surface area contributed by atoms with Crippen molar-refractivity contribution in [3.63, 3.8) is 0 Å². The molecule has 6 nitrogen and oxygen atoms in total. The van der Waals surface area contributed by atoms with E-state index >= 15 is 0 Å². The van der Waals surface area contributed by atoms with E-state index in [1.54, 1.807) is 36.2 Å². The van der Waals surface area contributed by atoms with Crippen LogP contribution in [0.5, 0.6) is 0 Å². The normalized spacial score (nSPS) is 16.2. The van der Waals surface area contributed by atoms with Gasteiger partial charge in [0.15, 0.2) is 0 Å². The summed E-state index contributed by atoms with van der Waals surface area (Å²) in [7, 11) is 1.70. The fraction of sp³-hybridized carbons (Fsp3) is 0.318. The Morgan fingerprint density at radius 2 is 1.82 bits per heavy atom. The maximum absolute atomic E-state index is 12.7. The molecule has 146 valence electrons. The first-order valence-corrected chi connectivity index (χ1v) is 9.44. The van der Waals surface area contributed by atoms with Crippen LogP contribution in [-0.4, -0.2) is 31.3 Å². The second-order valence-electron chi connectivity index (χ2n) is 7.00. The zero-order valence-corrected chi connectivity index (χ0v) is 16.4. The zero-order valence-electron chi connectivity index (χ0n) is 16.4. The van der Waals surface area contributed by atoms with E-state index in [0.717, 1.165) is 23.4 Å². The third-order valence-electron chi connectivity index (χ3n) is 5.15. The molecule has 1 N–H and O–H groups in total. The number of nitrogens with one attached hydrogen (secondary N) is 1. The van der Waals surface area contributed by atoms with Crippen molar-refractivity contribution in [2.45, 2.75) is 26.7 Å². The van der Waals surface area contributed by atoms with Gasteiger partial charge in [0.1, 0.15) is 0 Å². The van der Waals surface area contributed by atoms with Crippen LogP contribution in [0, 0.1) is 5.92 Å². The molecule has 0 aromatic heterocycles. The molecule has 0 bridgehead atoms. The predicted octanol–water partition coefficient (Wildman–Crippen LogP) is 3.22. The van der Waals surface area contributed by atoms with Gasteiger partial charge in [-0.2, -0.15) is 0 Å². The maximum atomic E-state index is 12.7. The number of rotatable bonds is 5. The Morgan fingerprint density at radius 1 is 1.14 bits per heavy atom. The lowest BCUT2D eigenvalue weighted by Crippen LogP contribution is -2.28. The molecule has 0 aliphatic carbocycles. The molecule has 1 fully saturated rings. The summed E-state index contributed by atoms with van der Waals surface area (Å²) in [6, 6.07) is 14.9. The van der Waals surface area contributed by atoms with Crippen molar-refractivity contribution in [2.24, 2.45) is 5.92 Å². The highest BCUT2D eigenvalue weighted by molar-refractivity contribution is 6.04. The van der Waals surface area contributed by atoms with Crippen LogP contribution in [0.15, 0.2) is 48.5 Å². The molecule has 3 amide bonds. The molecular formula is C22H25N3O3. The second kappa shape index (κ2) is 8.25. The summed E-state index contributed by atoms with van der Waals surface area (Å²) >= 11 is 0. The fourth-order valence-corrected chi connectivity index (χ4v) is 3.38. The zero-order chi connectivity index (χ0) is 20.3.